The Bertz CT molecular complexity index is 1350. The largest absolute Gasteiger partial charge is 3.00 e. The summed E-state index contributed by atoms with van der Waals surface area (Å²) in [7, 11) is 0. The van der Waals surface area contributed by atoms with Gasteiger partial charge in [0.25, 0.3) is 0 Å². The summed E-state index contributed by atoms with van der Waals surface area (Å²) >= 11 is 0. The Hall–Kier alpha value is -4.57. The molecule has 5 heteroatoms. The predicted octanol–water partition coefficient (Wildman–Crippen LogP) is 7.46. The van der Waals surface area contributed by atoms with Crippen LogP contribution in [0.1, 0.15) is 10.4 Å². The van der Waals surface area contributed by atoms with Gasteiger partial charge in [-0.3, -0.25) is 9.78 Å². The average molecular weight is 683 g/mol. The minimum absolute atomic E-state index is 0. The average Bonchev–Trinajstić information content (AvgIpc) is 3.04. The van der Waals surface area contributed by atoms with E-state index in [-0.39, 0.29) is 20.1 Å². The molecule has 0 aliphatic heterocycles. The second-order valence-corrected chi connectivity index (χ2v) is 7.86. The van der Waals surface area contributed by atoms with Crippen molar-refractivity contribution in [2.45, 2.75) is 0 Å². The molecule has 0 aliphatic rings. The summed E-state index contributed by atoms with van der Waals surface area (Å²) in [4.78, 5) is 23.2. The molecule has 0 saturated heterocycles. The Balaban J connectivity index is 0.000000160. The van der Waals surface area contributed by atoms with Crippen molar-refractivity contribution in [3.05, 3.63) is 164 Å². The summed E-state index contributed by atoms with van der Waals surface area (Å²) in [5, 5.41) is 0. The predicted molar refractivity (Wildman–Crippen MR) is 151 cm³/mol. The summed E-state index contributed by atoms with van der Waals surface area (Å²) in [5.74, 6) is 0. The van der Waals surface area contributed by atoms with E-state index in [0.717, 1.165) is 40.1 Å². The summed E-state index contributed by atoms with van der Waals surface area (Å²) in [5.41, 5.74) is 6.47. The quantitative estimate of drug-likeness (QED) is 0.143. The molecule has 0 aliphatic carbocycles. The van der Waals surface area contributed by atoms with Crippen molar-refractivity contribution in [1.29, 1.82) is 0 Å². The van der Waals surface area contributed by atoms with Gasteiger partial charge in [0, 0.05) is 24.3 Å². The standard InChI is InChI=1S/C12H8NO.2C11H8N.Ir/c14-9-10-4-3-5-11(8-10)12-6-1-2-7-13-12;2*1-2-6-10(7-3-1)11-8-4-5-9-12-11;/h1-4,6-9H;2-9H;1-6,8-9H;/q3*-1;+3. The third kappa shape index (κ3) is 9.35. The van der Waals surface area contributed by atoms with Crippen molar-refractivity contribution in [3.8, 4) is 33.8 Å². The van der Waals surface area contributed by atoms with Crippen molar-refractivity contribution in [3.63, 3.8) is 0 Å². The normalized spacial score (nSPS) is 9.44. The van der Waals surface area contributed by atoms with E-state index in [2.05, 4.69) is 33.2 Å². The summed E-state index contributed by atoms with van der Waals surface area (Å²) in [6, 6.07) is 47.4. The molecule has 6 rings (SSSR count). The van der Waals surface area contributed by atoms with Crippen LogP contribution in [0.5, 0.6) is 0 Å². The summed E-state index contributed by atoms with van der Waals surface area (Å²) < 4.78 is 0. The van der Waals surface area contributed by atoms with E-state index >= 15 is 0 Å². The monoisotopic (exact) mass is 683 g/mol. The van der Waals surface area contributed by atoms with Crippen LogP contribution in [0.4, 0.5) is 0 Å². The number of pyridine rings is 3. The van der Waals surface area contributed by atoms with Gasteiger partial charge in [-0.05, 0) is 35.7 Å². The van der Waals surface area contributed by atoms with Crippen LogP contribution in [0.3, 0.4) is 0 Å². The molecule has 39 heavy (non-hydrogen) atoms. The van der Waals surface area contributed by atoms with Crippen molar-refractivity contribution >= 4 is 6.29 Å². The topological polar surface area (TPSA) is 55.7 Å². The van der Waals surface area contributed by atoms with Gasteiger partial charge >= 0.3 is 20.1 Å². The zero-order valence-electron chi connectivity index (χ0n) is 20.9. The molecule has 0 unspecified atom stereocenters. The second-order valence-electron chi connectivity index (χ2n) is 7.86. The number of carbonyl (C=O) groups excluding carboxylic acids is 1. The Morgan fingerprint density at radius 1 is 0.538 bits per heavy atom. The first kappa shape index (κ1) is 29.0. The van der Waals surface area contributed by atoms with E-state index in [1.54, 1.807) is 36.8 Å². The van der Waals surface area contributed by atoms with E-state index < -0.39 is 0 Å². The molecular formula is C34H24IrN3O. The molecule has 0 bridgehead atoms. The number of aldehydes is 1. The van der Waals surface area contributed by atoms with Gasteiger partial charge in [-0.2, -0.15) is 30.3 Å². The van der Waals surface area contributed by atoms with E-state index in [1.807, 2.05) is 103 Å². The van der Waals surface area contributed by atoms with E-state index in [0.29, 0.717) is 5.56 Å². The van der Waals surface area contributed by atoms with E-state index in [4.69, 9.17) is 0 Å². The van der Waals surface area contributed by atoms with Crippen molar-refractivity contribution in [1.82, 2.24) is 15.0 Å². The van der Waals surface area contributed by atoms with Crippen LogP contribution in [0.15, 0.2) is 140 Å². The number of aromatic nitrogens is 3. The fourth-order valence-electron chi connectivity index (χ4n) is 3.39. The number of rotatable bonds is 4. The van der Waals surface area contributed by atoms with Crippen LogP contribution in [0.2, 0.25) is 0 Å². The Morgan fingerprint density at radius 2 is 1.10 bits per heavy atom. The fraction of sp³-hybridized carbons (Fsp3) is 0. The van der Waals surface area contributed by atoms with Gasteiger partial charge in [0.1, 0.15) is 6.29 Å². The maximum Gasteiger partial charge on any atom is 3.00 e. The molecule has 6 aromatic rings. The van der Waals surface area contributed by atoms with Crippen LogP contribution < -0.4 is 0 Å². The molecule has 0 amide bonds. The van der Waals surface area contributed by atoms with Crippen molar-refractivity contribution in [2.24, 2.45) is 0 Å². The van der Waals surface area contributed by atoms with E-state index in [1.165, 1.54) is 0 Å². The summed E-state index contributed by atoms with van der Waals surface area (Å²) in [6.45, 7) is 0. The van der Waals surface area contributed by atoms with Crippen molar-refractivity contribution < 1.29 is 24.9 Å². The maximum absolute atomic E-state index is 10.6. The molecule has 0 N–H and O–H groups in total. The zero-order valence-corrected chi connectivity index (χ0v) is 23.3. The first-order chi connectivity index (χ1) is 18.8. The zero-order chi connectivity index (χ0) is 26.3. The number of hydrogen-bond donors (Lipinski definition) is 0. The van der Waals surface area contributed by atoms with Crippen LogP contribution in [-0.2, 0) is 20.1 Å². The molecule has 3 aromatic heterocycles. The first-order valence-electron chi connectivity index (χ1n) is 12.0. The Kier molecular flexibility index (Phi) is 12.1. The second kappa shape index (κ2) is 16.3. The smallest absolute Gasteiger partial charge is 0.305 e. The van der Waals surface area contributed by atoms with Crippen LogP contribution in [0, 0.1) is 18.2 Å². The Morgan fingerprint density at radius 3 is 1.64 bits per heavy atom. The van der Waals surface area contributed by atoms with Crippen LogP contribution in [-0.4, -0.2) is 21.2 Å². The van der Waals surface area contributed by atoms with Gasteiger partial charge in [0.05, 0.1) is 0 Å². The molecule has 0 saturated carbocycles. The molecule has 4 nitrogen and oxygen atoms in total. The van der Waals surface area contributed by atoms with Gasteiger partial charge in [-0.25, -0.2) is 0 Å². The minimum Gasteiger partial charge on any atom is -0.305 e. The number of hydrogen-bond acceptors (Lipinski definition) is 4. The SMILES string of the molecule is O=Cc1cc[c-]c(-c2ccccn2)c1.[Ir+3].[c-]1ccc(-c2ccccn2)cc1.[c-]1ccccc1-c1ccccn1. The van der Waals surface area contributed by atoms with E-state index in [9.17, 15) is 4.79 Å². The Labute approximate surface area is 242 Å². The van der Waals surface area contributed by atoms with Crippen LogP contribution >= 0.6 is 0 Å². The molecule has 0 atom stereocenters. The van der Waals surface area contributed by atoms with Gasteiger partial charge < -0.3 is 9.97 Å². The minimum atomic E-state index is 0. The first-order valence-corrected chi connectivity index (χ1v) is 12.0. The molecule has 190 valence electrons. The third-order valence-electron chi connectivity index (χ3n) is 5.23. The van der Waals surface area contributed by atoms with Gasteiger partial charge in [0.15, 0.2) is 0 Å². The molecule has 3 heterocycles. The molecule has 0 spiro atoms. The van der Waals surface area contributed by atoms with Crippen molar-refractivity contribution in [2.75, 3.05) is 0 Å². The van der Waals surface area contributed by atoms with Gasteiger partial charge in [-0.1, -0.05) is 35.9 Å². The van der Waals surface area contributed by atoms with Crippen LogP contribution in [0.25, 0.3) is 33.8 Å². The maximum atomic E-state index is 10.6. The fourth-order valence-corrected chi connectivity index (χ4v) is 3.39. The number of carbonyl (C=O) groups is 1. The number of benzene rings is 3. The number of nitrogens with zero attached hydrogens (tertiary/aromatic N) is 3. The third-order valence-corrected chi connectivity index (χ3v) is 5.23. The summed E-state index contributed by atoms with van der Waals surface area (Å²) in [6.07, 6.45) is 6.12. The molecule has 0 radical (unpaired) electrons. The molecular weight excluding hydrogens is 659 g/mol. The molecule has 0 fully saturated rings. The van der Waals surface area contributed by atoms with Gasteiger partial charge in [0.2, 0.25) is 0 Å². The van der Waals surface area contributed by atoms with Gasteiger partial charge in [-0.15, -0.1) is 71.3 Å². The molecule has 3 aromatic carbocycles.